The molecule has 0 spiro atoms. The molecule has 124 valence electrons. The standard InChI is InChI=1S/C17H18ClN5O/c18-14-1-2-15-13(11-14)3-6-23(15)17(24)22-9-7-21(8-10-22)16-12-19-4-5-20-16/h1-2,4-5,11-12H,3,6-10H2. The lowest BCUT2D eigenvalue weighted by atomic mass is 10.2. The number of hydrogen-bond donors (Lipinski definition) is 0. The van der Waals surface area contributed by atoms with Crippen LogP contribution in [-0.2, 0) is 6.42 Å². The van der Waals surface area contributed by atoms with Gasteiger partial charge in [-0.2, -0.15) is 0 Å². The first-order valence-electron chi connectivity index (χ1n) is 8.08. The molecule has 0 radical (unpaired) electrons. The minimum absolute atomic E-state index is 0.0786. The number of benzene rings is 1. The number of amides is 2. The molecule has 2 aliphatic rings. The zero-order valence-electron chi connectivity index (χ0n) is 13.2. The van der Waals surface area contributed by atoms with Crippen LogP contribution in [0.1, 0.15) is 5.56 Å². The second kappa shape index (κ2) is 6.28. The van der Waals surface area contributed by atoms with E-state index in [1.54, 1.807) is 18.6 Å². The maximum atomic E-state index is 12.9. The minimum atomic E-state index is 0.0786. The molecule has 6 nitrogen and oxygen atoms in total. The number of hydrogen-bond acceptors (Lipinski definition) is 4. The Morgan fingerprint density at radius 1 is 1.08 bits per heavy atom. The molecule has 1 aromatic heterocycles. The average molecular weight is 344 g/mol. The van der Waals surface area contributed by atoms with E-state index in [2.05, 4.69) is 14.9 Å². The summed E-state index contributed by atoms with van der Waals surface area (Å²) >= 11 is 6.04. The molecule has 0 saturated carbocycles. The van der Waals surface area contributed by atoms with Crippen molar-refractivity contribution in [2.75, 3.05) is 42.5 Å². The number of aromatic nitrogens is 2. The van der Waals surface area contributed by atoms with Crippen molar-refractivity contribution in [3.63, 3.8) is 0 Å². The van der Waals surface area contributed by atoms with Crippen molar-refractivity contribution in [3.8, 4) is 0 Å². The number of carbonyl (C=O) groups is 1. The fourth-order valence-electron chi connectivity index (χ4n) is 3.32. The summed E-state index contributed by atoms with van der Waals surface area (Å²) in [5.74, 6) is 0.866. The van der Waals surface area contributed by atoms with Crippen LogP contribution in [0.15, 0.2) is 36.8 Å². The van der Waals surface area contributed by atoms with Gasteiger partial charge in [0.15, 0.2) is 0 Å². The van der Waals surface area contributed by atoms with E-state index >= 15 is 0 Å². The normalized spacial score (nSPS) is 17.1. The maximum Gasteiger partial charge on any atom is 0.324 e. The Bertz CT molecular complexity index is 746. The van der Waals surface area contributed by atoms with Gasteiger partial charge in [0.2, 0.25) is 0 Å². The molecule has 24 heavy (non-hydrogen) atoms. The maximum absolute atomic E-state index is 12.9. The molecule has 4 rings (SSSR count). The summed E-state index contributed by atoms with van der Waals surface area (Å²) in [6, 6.07) is 5.82. The Labute approximate surface area is 145 Å². The van der Waals surface area contributed by atoms with Crippen LogP contribution in [0.25, 0.3) is 0 Å². The molecule has 0 aliphatic carbocycles. The van der Waals surface area contributed by atoms with Crippen LogP contribution in [0.2, 0.25) is 5.02 Å². The zero-order chi connectivity index (χ0) is 16.5. The Morgan fingerprint density at radius 2 is 1.92 bits per heavy atom. The van der Waals surface area contributed by atoms with Crippen LogP contribution in [0.3, 0.4) is 0 Å². The van der Waals surface area contributed by atoms with E-state index in [1.807, 2.05) is 28.0 Å². The lowest BCUT2D eigenvalue weighted by Crippen LogP contribution is -2.53. The number of rotatable bonds is 1. The highest BCUT2D eigenvalue weighted by atomic mass is 35.5. The number of halogens is 1. The largest absolute Gasteiger partial charge is 0.352 e. The quantitative estimate of drug-likeness (QED) is 0.798. The molecule has 0 atom stereocenters. The lowest BCUT2D eigenvalue weighted by Gasteiger charge is -2.37. The summed E-state index contributed by atoms with van der Waals surface area (Å²) in [5, 5.41) is 0.723. The predicted molar refractivity (Wildman–Crippen MR) is 93.7 cm³/mol. The van der Waals surface area contributed by atoms with Crippen molar-refractivity contribution in [1.29, 1.82) is 0 Å². The summed E-state index contributed by atoms with van der Waals surface area (Å²) in [5.41, 5.74) is 2.13. The highest BCUT2D eigenvalue weighted by Crippen LogP contribution is 2.31. The molecule has 3 heterocycles. The molecular formula is C17H18ClN5O. The van der Waals surface area contributed by atoms with E-state index < -0.39 is 0 Å². The lowest BCUT2D eigenvalue weighted by molar-refractivity contribution is 0.201. The molecular weight excluding hydrogens is 326 g/mol. The third-order valence-electron chi connectivity index (χ3n) is 4.59. The molecule has 0 N–H and O–H groups in total. The Hall–Kier alpha value is -2.34. The van der Waals surface area contributed by atoms with Crippen LogP contribution in [0.5, 0.6) is 0 Å². The number of nitrogens with zero attached hydrogens (tertiary/aromatic N) is 5. The van der Waals surface area contributed by atoms with Gasteiger partial charge in [-0.3, -0.25) is 9.88 Å². The first-order chi connectivity index (χ1) is 11.7. The summed E-state index contributed by atoms with van der Waals surface area (Å²) in [4.78, 5) is 27.2. The van der Waals surface area contributed by atoms with E-state index in [4.69, 9.17) is 11.6 Å². The summed E-state index contributed by atoms with van der Waals surface area (Å²) in [6.07, 6.45) is 5.98. The van der Waals surface area contributed by atoms with Crippen molar-refractivity contribution in [2.45, 2.75) is 6.42 Å². The van der Waals surface area contributed by atoms with Crippen LogP contribution >= 0.6 is 11.6 Å². The van der Waals surface area contributed by atoms with Gasteiger partial charge >= 0.3 is 6.03 Å². The molecule has 0 bridgehead atoms. The van der Waals surface area contributed by atoms with Gasteiger partial charge in [0, 0.05) is 55.8 Å². The molecule has 1 aromatic carbocycles. The third kappa shape index (κ3) is 2.78. The molecule has 2 amide bonds. The highest BCUT2D eigenvalue weighted by Gasteiger charge is 2.30. The van der Waals surface area contributed by atoms with Gasteiger partial charge in [-0.05, 0) is 30.2 Å². The molecule has 1 saturated heterocycles. The fraction of sp³-hybridized carbons (Fsp3) is 0.353. The monoisotopic (exact) mass is 343 g/mol. The smallest absolute Gasteiger partial charge is 0.324 e. The number of carbonyl (C=O) groups excluding carboxylic acids is 1. The van der Waals surface area contributed by atoms with Crippen LogP contribution in [0.4, 0.5) is 16.3 Å². The van der Waals surface area contributed by atoms with Crippen LogP contribution in [0, 0.1) is 0 Å². The van der Waals surface area contributed by atoms with Crippen molar-refractivity contribution < 1.29 is 4.79 Å². The van der Waals surface area contributed by atoms with E-state index in [0.29, 0.717) is 13.1 Å². The first kappa shape index (κ1) is 15.2. The van der Waals surface area contributed by atoms with E-state index in [-0.39, 0.29) is 6.03 Å². The van der Waals surface area contributed by atoms with Crippen molar-refractivity contribution in [2.24, 2.45) is 0 Å². The second-order valence-corrected chi connectivity index (χ2v) is 6.43. The fourth-order valence-corrected chi connectivity index (χ4v) is 3.52. The Kier molecular flexibility index (Phi) is 3.98. The van der Waals surface area contributed by atoms with Crippen molar-refractivity contribution in [1.82, 2.24) is 14.9 Å². The van der Waals surface area contributed by atoms with E-state index in [9.17, 15) is 4.79 Å². The molecule has 1 fully saturated rings. The number of fused-ring (bicyclic) bond motifs is 1. The SMILES string of the molecule is O=C(N1CCN(c2cnccn2)CC1)N1CCc2cc(Cl)ccc21. The minimum Gasteiger partial charge on any atom is -0.352 e. The first-order valence-corrected chi connectivity index (χ1v) is 8.46. The van der Waals surface area contributed by atoms with Gasteiger partial charge in [-0.25, -0.2) is 9.78 Å². The second-order valence-electron chi connectivity index (χ2n) is 5.99. The summed E-state index contributed by atoms with van der Waals surface area (Å²) in [6.45, 7) is 3.64. The van der Waals surface area contributed by atoms with Gasteiger partial charge in [0.05, 0.1) is 6.20 Å². The number of piperazine rings is 1. The topological polar surface area (TPSA) is 52.6 Å². The Morgan fingerprint density at radius 3 is 2.67 bits per heavy atom. The predicted octanol–water partition coefficient (Wildman–Crippen LogP) is 2.43. The number of anilines is 2. The van der Waals surface area contributed by atoms with Crippen LogP contribution in [-0.4, -0.2) is 53.6 Å². The third-order valence-corrected chi connectivity index (χ3v) is 4.83. The molecule has 2 aliphatic heterocycles. The average Bonchev–Trinajstić information content (AvgIpc) is 3.05. The zero-order valence-corrected chi connectivity index (χ0v) is 14.0. The highest BCUT2D eigenvalue weighted by molar-refractivity contribution is 6.30. The summed E-state index contributed by atoms with van der Waals surface area (Å²) in [7, 11) is 0. The Balaban J connectivity index is 1.43. The number of urea groups is 1. The molecule has 0 unspecified atom stereocenters. The molecule has 7 heteroatoms. The summed E-state index contributed by atoms with van der Waals surface area (Å²) < 4.78 is 0. The van der Waals surface area contributed by atoms with E-state index in [1.165, 1.54) is 0 Å². The van der Waals surface area contributed by atoms with Crippen molar-refractivity contribution in [3.05, 3.63) is 47.4 Å². The molecule has 2 aromatic rings. The van der Waals surface area contributed by atoms with Crippen molar-refractivity contribution >= 4 is 29.1 Å². The van der Waals surface area contributed by atoms with Gasteiger partial charge in [0.25, 0.3) is 0 Å². The van der Waals surface area contributed by atoms with Gasteiger partial charge in [-0.1, -0.05) is 11.6 Å². The van der Waals surface area contributed by atoms with E-state index in [0.717, 1.165) is 48.1 Å². The van der Waals surface area contributed by atoms with Crippen LogP contribution < -0.4 is 9.80 Å². The van der Waals surface area contributed by atoms with Gasteiger partial charge in [0.1, 0.15) is 5.82 Å². The van der Waals surface area contributed by atoms with Gasteiger partial charge in [-0.15, -0.1) is 0 Å². The van der Waals surface area contributed by atoms with Gasteiger partial charge < -0.3 is 9.80 Å².